The van der Waals surface area contributed by atoms with E-state index in [0.717, 1.165) is 12.8 Å². The van der Waals surface area contributed by atoms with Gasteiger partial charge in [-0.2, -0.15) is 0 Å². The van der Waals surface area contributed by atoms with Crippen molar-refractivity contribution in [1.29, 1.82) is 0 Å². The van der Waals surface area contributed by atoms with Crippen molar-refractivity contribution in [3.63, 3.8) is 0 Å². The third-order valence-electron chi connectivity index (χ3n) is 2.46. The van der Waals surface area contributed by atoms with Crippen molar-refractivity contribution in [3.8, 4) is 0 Å². The average Bonchev–Trinajstić information content (AvgIpc) is 2.39. The number of hydrogen-bond donors (Lipinski definition) is 0. The van der Waals surface area contributed by atoms with Crippen LogP contribution < -0.4 is 0 Å². The largest absolute Gasteiger partial charge is 0.469 e. The maximum Gasteiger partial charge on any atom is 0.325 e. The van der Waals surface area contributed by atoms with Crippen molar-refractivity contribution in [3.05, 3.63) is 0 Å². The molecule has 0 aliphatic heterocycles. The van der Waals surface area contributed by atoms with Crippen molar-refractivity contribution in [2.24, 2.45) is 0 Å². The second kappa shape index (κ2) is 9.44. The number of carbonyl (C=O) groups is 3. The van der Waals surface area contributed by atoms with Crippen LogP contribution in [0.1, 0.15) is 32.6 Å². The molecule has 0 radical (unpaired) electrons. The van der Waals surface area contributed by atoms with E-state index in [9.17, 15) is 14.4 Å². The van der Waals surface area contributed by atoms with Crippen LogP contribution in [0.3, 0.4) is 0 Å². The van der Waals surface area contributed by atoms with Crippen LogP contribution >= 0.6 is 0 Å². The molecule has 0 aromatic carbocycles. The number of hydrogen-bond acceptors (Lipinski definition) is 5. The summed E-state index contributed by atoms with van der Waals surface area (Å²) in [7, 11) is 2.54. The van der Waals surface area contributed by atoms with Crippen molar-refractivity contribution < 1.29 is 23.9 Å². The molecule has 0 aromatic rings. The average molecular weight is 259 g/mol. The van der Waals surface area contributed by atoms with Gasteiger partial charge in [0.25, 0.3) is 0 Å². The molecule has 18 heavy (non-hydrogen) atoms. The van der Waals surface area contributed by atoms with E-state index in [-0.39, 0.29) is 25.4 Å². The van der Waals surface area contributed by atoms with E-state index in [1.165, 1.54) is 19.1 Å². The van der Waals surface area contributed by atoms with E-state index < -0.39 is 11.9 Å². The summed E-state index contributed by atoms with van der Waals surface area (Å²) in [5.74, 6) is -1.05. The summed E-state index contributed by atoms with van der Waals surface area (Å²) >= 11 is 0. The normalized spacial score (nSPS) is 9.72. The molecule has 6 nitrogen and oxygen atoms in total. The van der Waals surface area contributed by atoms with Gasteiger partial charge in [-0.3, -0.25) is 14.4 Å². The minimum Gasteiger partial charge on any atom is -0.469 e. The second-order valence-electron chi connectivity index (χ2n) is 3.82. The Labute approximate surface area is 107 Å². The van der Waals surface area contributed by atoms with Crippen molar-refractivity contribution >= 4 is 17.8 Å². The Kier molecular flexibility index (Phi) is 8.61. The van der Waals surface area contributed by atoms with E-state index in [0.29, 0.717) is 6.42 Å². The molecule has 0 N–H and O–H groups in total. The minimum absolute atomic E-state index is 0.0748. The first-order chi connectivity index (χ1) is 8.54. The molecule has 0 aliphatic rings. The Morgan fingerprint density at radius 2 is 1.61 bits per heavy atom. The number of esters is 2. The third kappa shape index (κ3) is 6.88. The Balaban J connectivity index is 4.36. The second-order valence-corrected chi connectivity index (χ2v) is 3.82. The third-order valence-corrected chi connectivity index (χ3v) is 2.46. The summed E-state index contributed by atoms with van der Waals surface area (Å²) < 4.78 is 9.02. The quantitative estimate of drug-likeness (QED) is 0.601. The number of methoxy groups -OCH3 is 2. The van der Waals surface area contributed by atoms with Crippen LogP contribution in [-0.4, -0.2) is 50.1 Å². The molecule has 0 saturated heterocycles. The zero-order chi connectivity index (χ0) is 14.0. The van der Waals surface area contributed by atoms with E-state index >= 15 is 0 Å². The molecule has 0 spiro atoms. The highest BCUT2D eigenvalue weighted by Crippen LogP contribution is 2.03. The van der Waals surface area contributed by atoms with Gasteiger partial charge in [0.15, 0.2) is 0 Å². The first-order valence-corrected chi connectivity index (χ1v) is 5.96. The number of carbonyl (C=O) groups excluding carboxylic acids is 3. The molecular formula is C12H21NO5. The summed E-state index contributed by atoms with van der Waals surface area (Å²) in [4.78, 5) is 35.4. The number of ether oxygens (including phenoxy) is 2. The number of nitrogens with zero attached hydrogens (tertiary/aromatic N) is 1. The molecule has 0 aromatic heterocycles. The fourth-order valence-electron chi connectivity index (χ4n) is 1.33. The summed E-state index contributed by atoms with van der Waals surface area (Å²) in [6, 6.07) is 0. The summed E-state index contributed by atoms with van der Waals surface area (Å²) in [5.41, 5.74) is 0. The summed E-state index contributed by atoms with van der Waals surface area (Å²) in [6.07, 6.45) is 2.10. The molecule has 0 bridgehead atoms. The molecule has 0 saturated carbocycles. The monoisotopic (exact) mass is 259 g/mol. The van der Waals surface area contributed by atoms with E-state index in [1.54, 1.807) is 0 Å². The zero-order valence-electron chi connectivity index (χ0n) is 11.2. The molecule has 6 heteroatoms. The van der Waals surface area contributed by atoms with Crippen LogP contribution in [0, 0.1) is 0 Å². The van der Waals surface area contributed by atoms with Gasteiger partial charge in [0.2, 0.25) is 5.91 Å². The standard InChI is InChI=1S/C12H21NO5/c1-4-5-6-10(14)13(9-12(16)18-3)8-7-11(15)17-2/h4-9H2,1-3H3. The van der Waals surface area contributed by atoms with Crippen molar-refractivity contribution in [2.45, 2.75) is 32.6 Å². The molecule has 0 heterocycles. The van der Waals surface area contributed by atoms with E-state index in [4.69, 9.17) is 0 Å². The summed E-state index contributed by atoms with van der Waals surface area (Å²) in [5, 5.41) is 0. The lowest BCUT2D eigenvalue weighted by Crippen LogP contribution is -2.37. The van der Waals surface area contributed by atoms with Gasteiger partial charge in [-0.05, 0) is 6.42 Å². The highest BCUT2D eigenvalue weighted by atomic mass is 16.5. The number of amides is 1. The molecule has 1 amide bonds. The summed E-state index contributed by atoms with van der Waals surface area (Å²) in [6.45, 7) is 2.02. The van der Waals surface area contributed by atoms with Crippen LogP contribution in [0.2, 0.25) is 0 Å². The Hall–Kier alpha value is -1.59. The molecule has 0 unspecified atom stereocenters. The predicted octanol–water partition coefficient (Wildman–Crippen LogP) is 0.741. The molecule has 0 atom stereocenters. The molecule has 0 aliphatic carbocycles. The molecule has 0 fully saturated rings. The fraction of sp³-hybridized carbons (Fsp3) is 0.750. The fourth-order valence-corrected chi connectivity index (χ4v) is 1.33. The van der Waals surface area contributed by atoms with Gasteiger partial charge in [-0.15, -0.1) is 0 Å². The Bertz CT molecular complexity index is 290. The van der Waals surface area contributed by atoms with Gasteiger partial charge in [0, 0.05) is 13.0 Å². The van der Waals surface area contributed by atoms with Crippen LogP contribution in [-0.2, 0) is 23.9 Å². The van der Waals surface area contributed by atoms with Gasteiger partial charge in [0.1, 0.15) is 6.54 Å². The first-order valence-electron chi connectivity index (χ1n) is 5.96. The predicted molar refractivity (Wildman–Crippen MR) is 64.8 cm³/mol. The minimum atomic E-state index is -0.496. The van der Waals surface area contributed by atoms with Crippen molar-refractivity contribution in [2.75, 3.05) is 27.3 Å². The smallest absolute Gasteiger partial charge is 0.325 e. The molecule has 0 rings (SSSR count). The number of unbranched alkanes of at least 4 members (excludes halogenated alkanes) is 1. The van der Waals surface area contributed by atoms with E-state index in [2.05, 4.69) is 9.47 Å². The van der Waals surface area contributed by atoms with Crippen molar-refractivity contribution in [1.82, 2.24) is 4.90 Å². The Morgan fingerprint density at radius 1 is 1.00 bits per heavy atom. The van der Waals surface area contributed by atoms with Gasteiger partial charge in [-0.25, -0.2) is 0 Å². The lowest BCUT2D eigenvalue weighted by molar-refractivity contribution is -0.148. The first kappa shape index (κ1) is 16.4. The Morgan fingerprint density at radius 3 is 2.11 bits per heavy atom. The van der Waals surface area contributed by atoms with Crippen LogP contribution in [0.4, 0.5) is 0 Å². The molecular weight excluding hydrogens is 238 g/mol. The van der Waals surface area contributed by atoms with Gasteiger partial charge in [-0.1, -0.05) is 13.3 Å². The highest BCUT2D eigenvalue weighted by Gasteiger charge is 2.18. The van der Waals surface area contributed by atoms with Gasteiger partial charge < -0.3 is 14.4 Å². The number of rotatable bonds is 8. The molecule has 104 valence electrons. The zero-order valence-corrected chi connectivity index (χ0v) is 11.2. The van der Waals surface area contributed by atoms with Crippen LogP contribution in [0.25, 0.3) is 0 Å². The van der Waals surface area contributed by atoms with Gasteiger partial charge in [0.05, 0.1) is 20.6 Å². The van der Waals surface area contributed by atoms with E-state index in [1.807, 2.05) is 6.92 Å². The lowest BCUT2D eigenvalue weighted by Gasteiger charge is -2.20. The lowest BCUT2D eigenvalue weighted by atomic mass is 10.2. The van der Waals surface area contributed by atoms with Gasteiger partial charge >= 0.3 is 11.9 Å². The maximum absolute atomic E-state index is 11.8. The van der Waals surface area contributed by atoms with Crippen LogP contribution in [0.5, 0.6) is 0 Å². The maximum atomic E-state index is 11.8. The van der Waals surface area contributed by atoms with Crippen LogP contribution in [0.15, 0.2) is 0 Å². The highest BCUT2D eigenvalue weighted by molar-refractivity contribution is 5.82. The topological polar surface area (TPSA) is 72.9 Å². The SMILES string of the molecule is CCCCC(=O)N(CCC(=O)OC)CC(=O)OC.